The molecule has 1 aromatic carbocycles. The second-order valence-electron chi connectivity index (χ2n) is 6.06. The Morgan fingerprint density at radius 1 is 1.22 bits per heavy atom. The standard InChI is InChI=1S/C15H27N3O2S.C2H6/c1-4-18(12-15(2,3)9-6-10-16)21(19,20)14-8-5-7-13(17)11-14;1-2/h5,7-8,11H,4,6,9-10,12,16-17H2,1-3H3;1-2H3. The van der Waals surface area contributed by atoms with E-state index in [1.54, 1.807) is 18.2 Å². The van der Waals surface area contributed by atoms with Crippen LogP contribution >= 0.6 is 0 Å². The summed E-state index contributed by atoms with van der Waals surface area (Å²) in [6, 6.07) is 6.43. The zero-order valence-corrected chi connectivity index (χ0v) is 16.0. The first-order chi connectivity index (χ1) is 10.7. The first-order valence-electron chi connectivity index (χ1n) is 8.28. The molecule has 1 aromatic rings. The Kier molecular flexibility index (Phi) is 9.42. The minimum atomic E-state index is -3.51. The second kappa shape index (κ2) is 9.90. The largest absolute Gasteiger partial charge is 0.399 e. The molecule has 0 spiro atoms. The highest BCUT2D eigenvalue weighted by Crippen LogP contribution is 2.27. The Bertz CT molecular complexity index is 557. The van der Waals surface area contributed by atoms with Crippen LogP contribution in [0.1, 0.15) is 47.5 Å². The minimum absolute atomic E-state index is 0.108. The number of nitrogens with two attached hydrogens (primary N) is 2. The van der Waals surface area contributed by atoms with Crippen molar-refractivity contribution >= 4 is 15.7 Å². The molecule has 0 bridgehead atoms. The lowest BCUT2D eigenvalue weighted by molar-refractivity contribution is 0.244. The summed E-state index contributed by atoms with van der Waals surface area (Å²) in [5, 5.41) is 0. The molecule has 0 aromatic heterocycles. The van der Waals surface area contributed by atoms with Crippen LogP contribution in [0.25, 0.3) is 0 Å². The molecule has 4 N–H and O–H groups in total. The van der Waals surface area contributed by atoms with E-state index < -0.39 is 10.0 Å². The fourth-order valence-electron chi connectivity index (χ4n) is 2.33. The van der Waals surface area contributed by atoms with Gasteiger partial charge in [0.2, 0.25) is 10.0 Å². The topological polar surface area (TPSA) is 89.4 Å². The number of rotatable bonds is 8. The number of nitrogens with zero attached hydrogens (tertiary/aromatic N) is 1. The predicted octanol–water partition coefficient (Wildman–Crippen LogP) is 3.07. The van der Waals surface area contributed by atoms with E-state index in [2.05, 4.69) is 13.8 Å². The molecule has 134 valence electrons. The van der Waals surface area contributed by atoms with Crippen LogP contribution in [0, 0.1) is 5.41 Å². The second-order valence-corrected chi connectivity index (χ2v) is 8.00. The molecule has 0 aliphatic carbocycles. The quantitative estimate of drug-likeness (QED) is 0.710. The third-order valence-electron chi connectivity index (χ3n) is 3.51. The number of hydrogen-bond acceptors (Lipinski definition) is 4. The number of hydrogen-bond donors (Lipinski definition) is 2. The lowest BCUT2D eigenvalue weighted by Gasteiger charge is -2.31. The Morgan fingerprint density at radius 3 is 2.30 bits per heavy atom. The van der Waals surface area contributed by atoms with Crippen molar-refractivity contribution in [3.8, 4) is 0 Å². The lowest BCUT2D eigenvalue weighted by Crippen LogP contribution is -2.39. The minimum Gasteiger partial charge on any atom is -0.399 e. The van der Waals surface area contributed by atoms with Gasteiger partial charge in [0.05, 0.1) is 4.90 Å². The number of anilines is 1. The Morgan fingerprint density at radius 2 is 1.83 bits per heavy atom. The van der Waals surface area contributed by atoms with Gasteiger partial charge in [-0.2, -0.15) is 4.31 Å². The van der Waals surface area contributed by atoms with E-state index in [4.69, 9.17) is 11.5 Å². The number of sulfonamides is 1. The van der Waals surface area contributed by atoms with E-state index in [1.807, 2.05) is 20.8 Å². The molecule has 0 radical (unpaired) electrons. The molecule has 0 aliphatic heterocycles. The maximum atomic E-state index is 12.7. The summed E-state index contributed by atoms with van der Waals surface area (Å²) in [6.45, 7) is 11.5. The zero-order valence-electron chi connectivity index (χ0n) is 15.2. The van der Waals surface area contributed by atoms with Crippen molar-refractivity contribution in [3.63, 3.8) is 0 Å². The Balaban J connectivity index is 0.00000232. The molecule has 0 aliphatic rings. The summed E-state index contributed by atoms with van der Waals surface area (Å²) in [7, 11) is -3.51. The Labute approximate surface area is 142 Å². The smallest absolute Gasteiger partial charge is 0.243 e. The van der Waals surface area contributed by atoms with Crippen LogP contribution < -0.4 is 11.5 Å². The van der Waals surface area contributed by atoms with E-state index >= 15 is 0 Å². The average molecular weight is 344 g/mol. The molecule has 6 heteroatoms. The highest BCUT2D eigenvalue weighted by Gasteiger charge is 2.29. The van der Waals surface area contributed by atoms with Crippen LogP contribution in [0.4, 0.5) is 5.69 Å². The predicted molar refractivity (Wildman–Crippen MR) is 98.7 cm³/mol. The van der Waals surface area contributed by atoms with Crippen LogP contribution in [0.2, 0.25) is 0 Å². The number of nitrogen functional groups attached to an aromatic ring is 1. The van der Waals surface area contributed by atoms with E-state index in [-0.39, 0.29) is 10.3 Å². The molecular weight excluding hydrogens is 310 g/mol. The van der Waals surface area contributed by atoms with Crippen molar-refractivity contribution in [2.45, 2.75) is 52.4 Å². The maximum Gasteiger partial charge on any atom is 0.243 e. The number of benzene rings is 1. The van der Waals surface area contributed by atoms with Crippen LogP contribution in [0.3, 0.4) is 0 Å². The summed E-state index contributed by atoms with van der Waals surface area (Å²) in [5.41, 5.74) is 11.6. The van der Waals surface area contributed by atoms with Gasteiger partial charge in [-0.25, -0.2) is 8.42 Å². The van der Waals surface area contributed by atoms with Gasteiger partial charge >= 0.3 is 0 Å². The normalized spacial score (nSPS) is 12.0. The van der Waals surface area contributed by atoms with Crippen molar-refractivity contribution in [2.75, 3.05) is 25.4 Å². The Hall–Kier alpha value is -1.11. The van der Waals surface area contributed by atoms with Gasteiger partial charge in [0.1, 0.15) is 0 Å². The van der Waals surface area contributed by atoms with E-state index in [0.717, 1.165) is 12.8 Å². The third-order valence-corrected chi connectivity index (χ3v) is 5.43. The summed E-state index contributed by atoms with van der Waals surface area (Å²) >= 11 is 0. The van der Waals surface area contributed by atoms with Gasteiger partial charge in [-0.05, 0) is 43.0 Å². The van der Waals surface area contributed by atoms with E-state index in [0.29, 0.717) is 25.3 Å². The fraction of sp³-hybridized carbons (Fsp3) is 0.647. The van der Waals surface area contributed by atoms with Crippen LogP contribution in [0.15, 0.2) is 29.2 Å². The monoisotopic (exact) mass is 343 g/mol. The van der Waals surface area contributed by atoms with Crippen LogP contribution in [-0.2, 0) is 10.0 Å². The summed E-state index contributed by atoms with van der Waals surface area (Å²) < 4.78 is 26.9. The highest BCUT2D eigenvalue weighted by molar-refractivity contribution is 7.89. The average Bonchev–Trinajstić information content (AvgIpc) is 2.52. The SMILES string of the molecule is CC.CCN(CC(C)(C)CCCN)S(=O)(=O)c1cccc(N)c1. The van der Waals surface area contributed by atoms with Gasteiger partial charge in [0, 0.05) is 18.8 Å². The van der Waals surface area contributed by atoms with Crippen molar-refractivity contribution < 1.29 is 8.42 Å². The first-order valence-corrected chi connectivity index (χ1v) is 9.73. The molecule has 5 nitrogen and oxygen atoms in total. The van der Waals surface area contributed by atoms with Gasteiger partial charge in [-0.15, -0.1) is 0 Å². The summed E-state index contributed by atoms with van der Waals surface area (Å²) in [5.74, 6) is 0. The van der Waals surface area contributed by atoms with Crippen LogP contribution in [0.5, 0.6) is 0 Å². The van der Waals surface area contributed by atoms with Crippen molar-refractivity contribution in [1.29, 1.82) is 0 Å². The summed E-state index contributed by atoms with van der Waals surface area (Å²) in [4.78, 5) is 0.249. The van der Waals surface area contributed by atoms with Gasteiger partial charge in [-0.1, -0.05) is 40.7 Å². The molecule has 0 fully saturated rings. The van der Waals surface area contributed by atoms with Crippen LogP contribution in [-0.4, -0.2) is 32.4 Å². The molecule has 0 heterocycles. The lowest BCUT2D eigenvalue weighted by atomic mass is 9.88. The van der Waals surface area contributed by atoms with Crippen molar-refractivity contribution in [3.05, 3.63) is 24.3 Å². The zero-order chi connectivity index (χ0) is 18.1. The molecular formula is C17H33N3O2S. The van der Waals surface area contributed by atoms with E-state index in [9.17, 15) is 8.42 Å². The molecule has 23 heavy (non-hydrogen) atoms. The van der Waals surface area contributed by atoms with Gasteiger partial charge in [-0.3, -0.25) is 0 Å². The van der Waals surface area contributed by atoms with Crippen molar-refractivity contribution in [1.82, 2.24) is 4.31 Å². The molecule has 0 atom stereocenters. The fourth-order valence-corrected chi connectivity index (χ4v) is 4.02. The molecule has 0 saturated carbocycles. The van der Waals surface area contributed by atoms with Gasteiger partial charge in [0.25, 0.3) is 0 Å². The molecule has 1 rings (SSSR count). The van der Waals surface area contributed by atoms with Gasteiger partial charge in [0.15, 0.2) is 0 Å². The molecule has 0 saturated heterocycles. The van der Waals surface area contributed by atoms with E-state index in [1.165, 1.54) is 10.4 Å². The van der Waals surface area contributed by atoms with Crippen molar-refractivity contribution in [2.24, 2.45) is 11.1 Å². The third kappa shape index (κ3) is 6.89. The highest BCUT2D eigenvalue weighted by atomic mass is 32.2. The first kappa shape index (κ1) is 21.9. The maximum absolute atomic E-state index is 12.7. The summed E-state index contributed by atoms with van der Waals surface area (Å²) in [6.07, 6.45) is 1.79. The molecule has 0 amide bonds. The molecule has 0 unspecified atom stereocenters. The van der Waals surface area contributed by atoms with Gasteiger partial charge < -0.3 is 11.5 Å².